The van der Waals surface area contributed by atoms with Crippen LogP contribution in [0.1, 0.15) is 32.8 Å². The number of ketones is 1. The van der Waals surface area contributed by atoms with Crippen LogP contribution in [0.4, 0.5) is 16.2 Å². The molecule has 10 heteroatoms. The summed E-state index contributed by atoms with van der Waals surface area (Å²) >= 11 is 6.10. The maximum Gasteiger partial charge on any atom is 0.322 e. The van der Waals surface area contributed by atoms with Crippen molar-refractivity contribution < 1.29 is 18.0 Å². The van der Waals surface area contributed by atoms with Crippen molar-refractivity contribution in [1.82, 2.24) is 9.62 Å². The van der Waals surface area contributed by atoms with E-state index in [0.717, 1.165) is 11.3 Å². The zero-order valence-electron chi connectivity index (χ0n) is 20.9. The Bertz CT molecular complexity index is 1240. The highest BCUT2D eigenvalue weighted by Gasteiger charge is 2.32. The molecule has 2 aromatic rings. The summed E-state index contributed by atoms with van der Waals surface area (Å²) in [5.41, 5.74) is 2.48. The van der Waals surface area contributed by atoms with Gasteiger partial charge < -0.3 is 10.2 Å². The van der Waals surface area contributed by atoms with Gasteiger partial charge in [0.05, 0.1) is 10.9 Å². The molecule has 0 spiro atoms. The van der Waals surface area contributed by atoms with E-state index in [9.17, 15) is 18.0 Å². The number of benzene rings is 2. The van der Waals surface area contributed by atoms with Crippen molar-refractivity contribution in [2.24, 2.45) is 5.92 Å². The van der Waals surface area contributed by atoms with E-state index in [1.54, 1.807) is 23.1 Å². The van der Waals surface area contributed by atoms with Crippen molar-refractivity contribution in [2.45, 2.75) is 44.6 Å². The Morgan fingerprint density at radius 1 is 1.03 bits per heavy atom. The number of anilines is 2. The van der Waals surface area contributed by atoms with Crippen LogP contribution in [0.2, 0.25) is 5.02 Å². The number of sulfonamides is 1. The second-order valence-corrected chi connectivity index (χ2v) is 12.2. The number of Topliss-reactive ketones (excluding diaryl/α,β-unsaturated/α-hetero) is 1. The first-order chi connectivity index (χ1) is 17.1. The largest absolute Gasteiger partial charge is 0.369 e. The highest BCUT2D eigenvalue weighted by molar-refractivity contribution is 7.89. The zero-order chi connectivity index (χ0) is 26.0. The van der Waals surface area contributed by atoms with Gasteiger partial charge in [-0.25, -0.2) is 13.2 Å². The molecule has 0 aromatic heterocycles. The summed E-state index contributed by atoms with van der Waals surface area (Å²) in [4.78, 5) is 28.9. The lowest BCUT2D eigenvalue weighted by Crippen LogP contribution is -2.48. The predicted octanol–water partition coefficient (Wildman–Crippen LogP) is 3.93. The molecule has 0 aliphatic carbocycles. The quantitative estimate of drug-likeness (QED) is 0.583. The van der Waals surface area contributed by atoms with Crippen LogP contribution in [-0.4, -0.2) is 63.3 Å². The Kier molecular flexibility index (Phi) is 7.92. The molecule has 4 rings (SSSR count). The van der Waals surface area contributed by atoms with Crippen LogP contribution in [0.3, 0.4) is 0 Å². The summed E-state index contributed by atoms with van der Waals surface area (Å²) in [5, 5.41) is 3.50. The summed E-state index contributed by atoms with van der Waals surface area (Å²) in [6.45, 7) is 7.84. The van der Waals surface area contributed by atoms with Crippen molar-refractivity contribution in [3.05, 3.63) is 53.1 Å². The number of carbonyl (C=O) groups excluding carboxylic acids is 2. The van der Waals surface area contributed by atoms with E-state index in [2.05, 4.69) is 10.2 Å². The fraction of sp³-hybridized carbons (Fsp3) is 0.462. The summed E-state index contributed by atoms with van der Waals surface area (Å²) in [6.07, 6.45) is 1.13. The third kappa shape index (κ3) is 5.68. The normalized spacial score (nSPS) is 17.2. The number of nitrogens with one attached hydrogen (secondary N) is 1. The number of hydrogen-bond donors (Lipinski definition) is 1. The van der Waals surface area contributed by atoms with Crippen LogP contribution in [0, 0.1) is 5.92 Å². The van der Waals surface area contributed by atoms with Gasteiger partial charge in [0.2, 0.25) is 10.0 Å². The Labute approximate surface area is 218 Å². The highest BCUT2D eigenvalue weighted by Crippen LogP contribution is 2.32. The second-order valence-electron chi connectivity index (χ2n) is 9.81. The molecule has 1 N–H and O–H groups in total. The smallest absolute Gasteiger partial charge is 0.322 e. The third-order valence-electron chi connectivity index (χ3n) is 6.74. The molecule has 0 bridgehead atoms. The Morgan fingerprint density at radius 3 is 2.39 bits per heavy atom. The molecule has 1 unspecified atom stereocenters. The maximum atomic E-state index is 13.4. The van der Waals surface area contributed by atoms with E-state index in [0.29, 0.717) is 56.3 Å². The number of rotatable bonds is 7. The molecule has 36 heavy (non-hydrogen) atoms. The molecule has 194 valence electrons. The average Bonchev–Trinajstić information content (AvgIpc) is 3.27. The van der Waals surface area contributed by atoms with E-state index >= 15 is 0 Å². The minimum Gasteiger partial charge on any atom is -0.369 e. The fourth-order valence-electron chi connectivity index (χ4n) is 4.78. The Hall–Kier alpha value is -2.62. The molecule has 0 radical (unpaired) electrons. The summed E-state index contributed by atoms with van der Waals surface area (Å²) in [6, 6.07) is 11.6. The minimum atomic E-state index is -3.66. The van der Waals surface area contributed by atoms with E-state index in [-0.39, 0.29) is 22.6 Å². The Balaban J connectivity index is 1.44. The first kappa shape index (κ1) is 26.4. The van der Waals surface area contributed by atoms with Gasteiger partial charge in [-0.2, -0.15) is 4.31 Å². The highest BCUT2D eigenvalue weighted by atomic mass is 35.5. The molecule has 2 amide bonds. The SMILES string of the molecule is CC(=O)C(CC(C)C)NC(=O)N1CCc2cc(S(=O)(=O)N3CCN(c4cccc(Cl)c4)CC3)ccc21. The molecular formula is C26H33ClN4O4S. The lowest BCUT2D eigenvalue weighted by Gasteiger charge is -2.35. The van der Waals surface area contributed by atoms with Crippen LogP contribution >= 0.6 is 11.6 Å². The lowest BCUT2D eigenvalue weighted by atomic mass is 10.0. The lowest BCUT2D eigenvalue weighted by molar-refractivity contribution is -0.119. The van der Waals surface area contributed by atoms with Gasteiger partial charge in [0.25, 0.3) is 0 Å². The summed E-state index contributed by atoms with van der Waals surface area (Å²) in [5.74, 6) is 0.193. The van der Waals surface area contributed by atoms with Crippen molar-refractivity contribution in [1.29, 1.82) is 0 Å². The molecule has 1 saturated heterocycles. The second kappa shape index (κ2) is 10.8. The molecule has 2 aliphatic rings. The molecule has 0 saturated carbocycles. The van der Waals surface area contributed by atoms with Gasteiger partial charge in [-0.05, 0) is 67.6 Å². The first-order valence-corrected chi connectivity index (χ1v) is 14.1. The van der Waals surface area contributed by atoms with Crippen LogP contribution in [0.25, 0.3) is 0 Å². The molecule has 2 aliphatic heterocycles. The van der Waals surface area contributed by atoms with Crippen molar-refractivity contribution in [2.75, 3.05) is 42.5 Å². The van der Waals surface area contributed by atoms with E-state index in [1.807, 2.05) is 38.1 Å². The molecule has 1 fully saturated rings. The van der Waals surface area contributed by atoms with Crippen molar-refractivity contribution >= 4 is 44.8 Å². The number of urea groups is 1. The number of nitrogens with zero attached hydrogens (tertiary/aromatic N) is 3. The summed E-state index contributed by atoms with van der Waals surface area (Å²) in [7, 11) is -3.66. The fourth-order valence-corrected chi connectivity index (χ4v) is 6.44. The number of piperazine rings is 1. The van der Waals surface area contributed by atoms with E-state index in [4.69, 9.17) is 11.6 Å². The maximum absolute atomic E-state index is 13.4. The number of amides is 2. The molecule has 8 nitrogen and oxygen atoms in total. The van der Waals surface area contributed by atoms with Gasteiger partial charge in [-0.3, -0.25) is 9.69 Å². The van der Waals surface area contributed by atoms with Crippen LogP contribution in [0.5, 0.6) is 0 Å². The average molecular weight is 533 g/mol. The van der Waals surface area contributed by atoms with Gasteiger partial charge >= 0.3 is 6.03 Å². The molecule has 1 atom stereocenters. The molecular weight excluding hydrogens is 500 g/mol. The van der Waals surface area contributed by atoms with Crippen LogP contribution in [0.15, 0.2) is 47.4 Å². The standard InChI is InChI=1S/C26H33ClN4O4S/c1-18(2)15-24(19(3)32)28-26(33)31-10-9-20-16-23(7-8-25(20)31)36(34,35)30-13-11-29(12-14-30)22-6-4-5-21(27)17-22/h4-8,16-18,24H,9-15H2,1-3H3,(H,28,33). The van der Waals surface area contributed by atoms with E-state index in [1.165, 1.54) is 11.2 Å². The van der Waals surface area contributed by atoms with E-state index < -0.39 is 16.1 Å². The predicted molar refractivity (Wildman–Crippen MR) is 142 cm³/mol. The Morgan fingerprint density at radius 2 is 1.75 bits per heavy atom. The van der Waals surface area contributed by atoms with Gasteiger partial charge in [0, 0.05) is 49.1 Å². The van der Waals surface area contributed by atoms with Gasteiger partial charge in [0.15, 0.2) is 5.78 Å². The number of halogens is 1. The minimum absolute atomic E-state index is 0.0756. The first-order valence-electron chi connectivity index (χ1n) is 12.3. The van der Waals surface area contributed by atoms with Gasteiger partial charge in [-0.1, -0.05) is 31.5 Å². The van der Waals surface area contributed by atoms with Crippen LogP contribution < -0.4 is 15.1 Å². The van der Waals surface area contributed by atoms with Crippen molar-refractivity contribution in [3.63, 3.8) is 0 Å². The number of fused-ring (bicyclic) bond motifs is 1. The number of hydrogen-bond acceptors (Lipinski definition) is 5. The van der Waals surface area contributed by atoms with Gasteiger partial charge in [0.1, 0.15) is 0 Å². The molecule has 2 aromatic carbocycles. The van der Waals surface area contributed by atoms with Crippen LogP contribution in [-0.2, 0) is 21.2 Å². The van der Waals surface area contributed by atoms with Crippen molar-refractivity contribution in [3.8, 4) is 0 Å². The number of carbonyl (C=O) groups is 2. The topological polar surface area (TPSA) is 90.0 Å². The third-order valence-corrected chi connectivity index (χ3v) is 8.87. The monoisotopic (exact) mass is 532 g/mol. The summed E-state index contributed by atoms with van der Waals surface area (Å²) < 4.78 is 28.3. The van der Waals surface area contributed by atoms with Gasteiger partial charge in [-0.15, -0.1) is 0 Å². The zero-order valence-corrected chi connectivity index (χ0v) is 22.5. The molecule has 2 heterocycles.